The molecule has 82 valence electrons. The number of benzene rings is 1. The van der Waals surface area contributed by atoms with Crippen LogP contribution in [-0.2, 0) is 6.42 Å². The van der Waals surface area contributed by atoms with E-state index in [1.54, 1.807) is 0 Å². The van der Waals surface area contributed by atoms with Gasteiger partial charge < -0.3 is 5.73 Å². The predicted octanol–water partition coefficient (Wildman–Crippen LogP) is 3.40. The molecule has 1 nitrogen and oxygen atoms in total. The molecule has 0 aromatic heterocycles. The van der Waals surface area contributed by atoms with Gasteiger partial charge in [-0.1, -0.05) is 36.6 Å². The summed E-state index contributed by atoms with van der Waals surface area (Å²) in [5.41, 5.74) is 7.49. The SMILES string of the molecule is N[C@H]1CCCC[C@@H]1Cc1ccc(Cl)cc1. The first kappa shape index (κ1) is 11.0. The molecule has 1 fully saturated rings. The van der Waals surface area contributed by atoms with E-state index in [1.165, 1.54) is 31.2 Å². The maximum atomic E-state index is 6.13. The second-order valence-electron chi connectivity index (χ2n) is 4.54. The first-order valence-electron chi connectivity index (χ1n) is 5.76. The van der Waals surface area contributed by atoms with Gasteiger partial charge in [0.2, 0.25) is 0 Å². The molecule has 0 spiro atoms. The number of rotatable bonds is 2. The molecule has 2 N–H and O–H groups in total. The van der Waals surface area contributed by atoms with Gasteiger partial charge >= 0.3 is 0 Å². The smallest absolute Gasteiger partial charge is 0.0406 e. The van der Waals surface area contributed by atoms with Gasteiger partial charge in [0.1, 0.15) is 0 Å². The Hall–Kier alpha value is -0.530. The topological polar surface area (TPSA) is 26.0 Å². The Morgan fingerprint density at radius 2 is 1.80 bits per heavy atom. The van der Waals surface area contributed by atoms with Gasteiger partial charge in [-0.25, -0.2) is 0 Å². The summed E-state index contributed by atoms with van der Waals surface area (Å²) < 4.78 is 0. The van der Waals surface area contributed by atoms with Gasteiger partial charge in [0.15, 0.2) is 0 Å². The van der Waals surface area contributed by atoms with Crippen molar-refractivity contribution in [3.63, 3.8) is 0 Å². The van der Waals surface area contributed by atoms with Crippen molar-refractivity contribution in [2.75, 3.05) is 0 Å². The van der Waals surface area contributed by atoms with E-state index in [2.05, 4.69) is 12.1 Å². The molecule has 2 atom stereocenters. The molecular formula is C13H18ClN. The second kappa shape index (κ2) is 5.00. The molecule has 0 amide bonds. The van der Waals surface area contributed by atoms with Gasteiger partial charge in [-0.05, 0) is 42.9 Å². The Morgan fingerprint density at radius 3 is 2.47 bits per heavy atom. The average Bonchev–Trinajstić information content (AvgIpc) is 2.25. The van der Waals surface area contributed by atoms with Gasteiger partial charge in [0.25, 0.3) is 0 Å². The molecule has 1 aromatic carbocycles. The van der Waals surface area contributed by atoms with Crippen molar-refractivity contribution in [2.45, 2.75) is 38.1 Å². The van der Waals surface area contributed by atoms with E-state index in [0.717, 1.165) is 11.4 Å². The van der Waals surface area contributed by atoms with Crippen molar-refractivity contribution in [3.05, 3.63) is 34.9 Å². The van der Waals surface area contributed by atoms with Gasteiger partial charge in [-0.2, -0.15) is 0 Å². The van der Waals surface area contributed by atoms with Crippen LogP contribution in [0, 0.1) is 5.92 Å². The van der Waals surface area contributed by atoms with Crippen LogP contribution < -0.4 is 5.73 Å². The van der Waals surface area contributed by atoms with Crippen LogP contribution in [0.5, 0.6) is 0 Å². The van der Waals surface area contributed by atoms with Crippen molar-refractivity contribution in [2.24, 2.45) is 11.7 Å². The number of halogens is 1. The fourth-order valence-corrected chi connectivity index (χ4v) is 2.54. The van der Waals surface area contributed by atoms with Gasteiger partial charge in [-0.15, -0.1) is 0 Å². The Kier molecular flexibility index (Phi) is 3.66. The first-order valence-corrected chi connectivity index (χ1v) is 6.13. The highest BCUT2D eigenvalue weighted by molar-refractivity contribution is 6.30. The molecule has 2 rings (SSSR count). The van der Waals surface area contributed by atoms with Crippen molar-refractivity contribution >= 4 is 11.6 Å². The summed E-state index contributed by atoms with van der Waals surface area (Å²) in [7, 11) is 0. The standard InChI is InChI=1S/C13H18ClN/c14-12-7-5-10(6-8-12)9-11-3-1-2-4-13(11)15/h5-8,11,13H,1-4,9,15H2/t11-,13+/m1/s1. The van der Waals surface area contributed by atoms with E-state index in [1.807, 2.05) is 12.1 Å². The zero-order valence-corrected chi connectivity index (χ0v) is 9.71. The summed E-state index contributed by atoms with van der Waals surface area (Å²) >= 11 is 5.86. The van der Waals surface area contributed by atoms with Crippen LogP contribution in [0.4, 0.5) is 0 Å². The Balaban J connectivity index is 1.98. The third-order valence-electron chi connectivity index (χ3n) is 3.38. The normalized spacial score (nSPS) is 26.5. The Labute approximate surface area is 96.6 Å². The molecule has 1 aromatic rings. The Morgan fingerprint density at radius 1 is 1.13 bits per heavy atom. The van der Waals surface area contributed by atoms with Crippen molar-refractivity contribution in [1.29, 1.82) is 0 Å². The Bertz CT molecular complexity index is 307. The average molecular weight is 224 g/mol. The molecule has 0 radical (unpaired) electrons. The number of nitrogens with two attached hydrogens (primary N) is 1. The van der Waals surface area contributed by atoms with Crippen LogP contribution in [0.15, 0.2) is 24.3 Å². The monoisotopic (exact) mass is 223 g/mol. The third kappa shape index (κ3) is 2.96. The lowest BCUT2D eigenvalue weighted by atomic mass is 9.81. The minimum atomic E-state index is 0.398. The number of hydrogen-bond acceptors (Lipinski definition) is 1. The summed E-state index contributed by atoms with van der Waals surface area (Å²) in [6.45, 7) is 0. The van der Waals surface area contributed by atoms with Crippen molar-refractivity contribution in [1.82, 2.24) is 0 Å². The van der Waals surface area contributed by atoms with Crippen LogP contribution in [0.2, 0.25) is 5.02 Å². The first-order chi connectivity index (χ1) is 7.25. The predicted molar refractivity (Wildman–Crippen MR) is 65.1 cm³/mol. The molecule has 1 saturated carbocycles. The maximum absolute atomic E-state index is 6.13. The summed E-state index contributed by atoms with van der Waals surface area (Å²) in [6.07, 6.45) is 6.23. The molecule has 0 saturated heterocycles. The highest BCUT2D eigenvalue weighted by Gasteiger charge is 2.21. The maximum Gasteiger partial charge on any atom is 0.0406 e. The molecular weight excluding hydrogens is 206 g/mol. The largest absolute Gasteiger partial charge is 0.327 e. The molecule has 0 unspecified atom stereocenters. The lowest BCUT2D eigenvalue weighted by Crippen LogP contribution is -2.34. The third-order valence-corrected chi connectivity index (χ3v) is 3.63. The second-order valence-corrected chi connectivity index (χ2v) is 4.98. The van der Waals surface area contributed by atoms with Crippen LogP contribution in [0.25, 0.3) is 0 Å². The highest BCUT2D eigenvalue weighted by atomic mass is 35.5. The van der Waals surface area contributed by atoms with Crippen molar-refractivity contribution < 1.29 is 0 Å². The summed E-state index contributed by atoms with van der Waals surface area (Å²) in [5, 5.41) is 0.812. The lowest BCUT2D eigenvalue weighted by Gasteiger charge is -2.28. The zero-order valence-electron chi connectivity index (χ0n) is 8.95. The van der Waals surface area contributed by atoms with Crippen LogP contribution in [0.3, 0.4) is 0 Å². The van der Waals surface area contributed by atoms with E-state index in [-0.39, 0.29) is 0 Å². The molecule has 0 aliphatic heterocycles. The summed E-state index contributed by atoms with van der Waals surface area (Å²) in [6, 6.07) is 8.55. The van der Waals surface area contributed by atoms with E-state index < -0.39 is 0 Å². The van der Waals surface area contributed by atoms with Crippen LogP contribution >= 0.6 is 11.6 Å². The molecule has 2 heteroatoms. The summed E-state index contributed by atoms with van der Waals surface area (Å²) in [5.74, 6) is 0.667. The minimum absolute atomic E-state index is 0.398. The van der Waals surface area contributed by atoms with Gasteiger partial charge in [-0.3, -0.25) is 0 Å². The van der Waals surface area contributed by atoms with Crippen LogP contribution in [-0.4, -0.2) is 6.04 Å². The lowest BCUT2D eigenvalue weighted by molar-refractivity contribution is 0.306. The molecule has 0 heterocycles. The quantitative estimate of drug-likeness (QED) is 0.817. The van der Waals surface area contributed by atoms with Crippen LogP contribution in [0.1, 0.15) is 31.2 Å². The molecule has 15 heavy (non-hydrogen) atoms. The van der Waals surface area contributed by atoms with E-state index >= 15 is 0 Å². The van der Waals surface area contributed by atoms with Gasteiger partial charge in [0.05, 0.1) is 0 Å². The molecule has 1 aliphatic carbocycles. The van der Waals surface area contributed by atoms with Gasteiger partial charge in [0, 0.05) is 11.1 Å². The summed E-state index contributed by atoms with van der Waals surface area (Å²) in [4.78, 5) is 0. The zero-order chi connectivity index (χ0) is 10.7. The van der Waals surface area contributed by atoms with E-state index in [0.29, 0.717) is 12.0 Å². The molecule has 0 bridgehead atoms. The fraction of sp³-hybridized carbons (Fsp3) is 0.538. The number of hydrogen-bond donors (Lipinski definition) is 1. The van der Waals surface area contributed by atoms with Crippen molar-refractivity contribution in [3.8, 4) is 0 Å². The van der Waals surface area contributed by atoms with E-state index in [9.17, 15) is 0 Å². The van der Waals surface area contributed by atoms with E-state index in [4.69, 9.17) is 17.3 Å². The molecule has 1 aliphatic rings. The minimum Gasteiger partial charge on any atom is -0.327 e. The fourth-order valence-electron chi connectivity index (χ4n) is 2.41. The highest BCUT2D eigenvalue weighted by Crippen LogP contribution is 2.26.